The van der Waals surface area contributed by atoms with Crippen molar-refractivity contribution in [3.05, 3.63) is 23.8 Å². The number of hydrogen-bond donors (Lipinski definition) is 2. The van der Waals surface area contributed by atoms with Crippen molar-refractivity contribution in [2.24, 2.45) is 0 Å². The van der Waals surface area contributed by atoms with Gasteiger partial charge in [-0.25, -0.2) is 8.78 Å². The lowest BCUT2D eigenvalue weighted by Crippen LogP contribution is -2.03. The van der Waals surface area contributed by atoms with Crippen LogP contribution < -0.4 is 11.5 Å². The highest BCUT2D eigenvalue weighted by Crippen LogP contribution is 2.21. The fourth-order valence-corrected chi connectivity index (χ4v) is 0.977. The van der Waals surface area contributed by atoms with Gasteiger partial charge in [-0.05, 0) is 11.6 Å². The molecule has 4 heteroatoms. The van der Waals surface area contributed by atoms with Crippen molar-refractivity contribution in [1.29, 1.82) is 0 Å². The molecule has 4 N–H and O–H groups in total. The van der Waals surface area contributed by atoms with Gasteiger partial charge < -0.3 is 11.5 Å². The Morgan fingerprint density at radius 3 is 2.50 bits per heavy atom. The van der Waals surface area contributed by atoms with Gasteiger partial charge in [-0.15, -0.1) is 0 Å². The van der Waals surface area contributed by atoms with Crippen LogP contribution in [0.3, 0.4) is 0 Å². The van der Waals surface area contributed by atoms with Crippen LogP contribution in [0.5, 0.6) is 0 Å². The van der Waals surface area contributed by atoms with Crippen molar-refractivity contribution in [2.45, 2.75) is 12.8 Å². The summed E-state index contributed by atoms with van der Waals surface area (Å²) < 4.78 is 23.9. The first kappa shape index (κ1) is 8.77. The first-order valence-electron chi connectivity index (χ1n) is 3.52. The van der Waals surface area contributed by atoms with Gasteiger partial charge in [0.1, 0.15) is 0 Å². The molecule has 0 aliphatic rings. The van der Waals surface area contributed by atoms with Crippen molar-refractivity contribution in [3.63, 3.8) is 0 Å². The van der Waals surface area contributed by atoms with Gasteiger partial charge in [0.2, 0.25) is 6.43 Å². The lowest BCUT2D eigenvalue weighted by molar-refractivity contribution is 0.149. The van der Waals surface area contributed by atoms with Crippen LogP contribution in [0.1, 0.15) is 5.56 Å². The van der Waals surface area contributed by atoms with E-state index in [2.05, 4.69) is 0 Å². The average Bonchev–Trinajstić information content (AvgIpc) is 1.98. The summed E-state index contributed by atoms with van der Waals surface area (Å²) in [6, 6.07) is 4.76. The minimum Gasteiger partial charge on any atom is -0.397 e. The predicted octanol–water partition coefficient (Wildman–Crippen LogP) is 1.66. The third kappa shape index (κ3) is 1.84. The maximum absolute atomic E-state index is 11.9. The second-order valence-corrected chi connectivity index (χ2v) is 2.52. The number of alkyl halides is 2. The molecule has 0 aliphatic heterocycles. The summed E-state index contributed by atoms with van der Waals surface area (Å²) in [6.45, 7) is 0. The van der Waals surface area contributed by atoms with Crippen molar-refractivity contribution >= 4 is 11.4 Å². The molecule has 0 amide bonds. The molecule has 0 aromatic heterocycles. The molecular formula is C8H10F2N2. The minimum absolute atomic E-state index is 0.262. The van der Waals surface area contributed by atoms with Gasteiger partial charge in [-0.1, -0.05) is 12.1 Å². The molecule has 0 fully saturated rings. The van der Waals surface area contributed by atoms with Crippen molar-refractivity contribution in [3.8, 4) is 0 Å². The van der Waals surface area contributed by atoms with E-state index in [-0.39, 0.29) is 12.1 Å². The normalized spacial score (nSPS) is 10.6. The Hall–Kier alpha value is -1.32. The Morgan fingerprint density at radius 1 is 1.25 bits per heavy atom. The third-order valence-electron chi connectivity index (χ3n) is 1.60. The third-order valence-corrected chi connectivity index (χ3v) is 1.60. The van der Waals surface area contributed by atoms with E-state index >= 15 is 0 Å². The van der Waals surface area contributed by atoms with Gasteiger partial charge >= 0.3 is 0 Å². The van der Waals surface area contributed by atoms with Crippen LogP contribution in [0.4, 0.5) is 20.2 Å². The summed E-state index contributed by atoms with van der Waals surface area (Å²) in [6.07, 6.45) is -2.72. The molecule has 66 valence electrons. The number of anilines is 2. The number of para-hydroxylation sites is 1. The van der Waals surface area contributed by atoms with E-state index in [9.17, 15) is 8.78 Å². The predicted molar refractivity (Wildman–Crippen MR) is 45.0 cm³/mol. The highest BCUT2D eigenvalue weighted by atomic mass is 19.3. The monoisotopic (exact) mass is 172 g/mol. The number of halogens is 2. The first-order valence-corrected chi connectivity index (χ1v) is 3.52. The molecule has 12 heavy (non-hydrogen) atoms. The molecule has 0 unspecified atom stereocenters. The number of nitrogen functional groups attached to an aromatic ring is 2. The second kappa shape index (κ2) is 3.38. The standard InChI is InChI=1S/C8H10F2N2/c9-7(10)4-5-2-1-3-6(11)8(5)12/h1-3,7H,4,11-12H2. The Labute approximate surface area is 69.2 Å². The molecular weight excluding hydrogens is 162 g/mol. The van der Waals surface area contributed by atoms with Crippen LogP contribution in [0, 0.1) is 0 Å². The Kier molecular flexibility index (Phi) is 2.47. The molecule has 0 bridgehead atoms. The quantitative estimate of drug-likeness (QED) is 0.666. The summed E-state index contributed by atoms with van der Waals surface area (Å²) in [5.41, 5.74) is 11.9. The van der Waals surface area contributed by atoms with Crippen molar-refractivity contribution in [1.82, 2.24) is 0 Å². The highest BCUT2D eigenvalue weighted by Gasteiger charge is 2.08. The zero-order valence-electron chi connectivity index (χ0n) is 6.43. The molecule has 0 saturated heterocycles. The molecule has 0 saturated carbocycles. The second-order valence-electron chi connectivity index (χ2n) is 2.52. The molecule has 1 aromatic carbocycles. The Morgan fingerprint density at radius 2 is 1.92 bits per heavy atom. The summed E-state index contributed by atoms with van der Waals surface area (Å²) in [4.78, 5) is 0. The summed E-state index contributed by atoms with van der Waals surface area (Å²) >= 11 is 0. The lowest BCUT2D eigenvalue weighted by atomic mass is 10.1. The zero-order chi connectivity index (χ0) is 9.14. The number of rotatable bonds is 2. The van der Waals surface area contributed by atoms with Crippen LogP contribution >= 0.6 is 0 Å². The van der Waals surface area contributed by atoms with Crippen LogP contribution in [-0.2, 0) is 6.42 Å². The van der Waals surface area contributed by atoms with Gasteiger partial charge in [0.05, 0.1) is 11.4 Å². The van der Waals surface area contributed by atoms with Gasteiger partial charge in [-0.2, -0.15) is 0 Å². The smallest absolute Gasteiger partial charge is 0.242 e. The number of nitrogens with two attached hydrogens (primary N) is 2. The van der Waals surface area contributed by atoms with E-state index in [1.807, 2.05) is 0 Å². The SMILES string of the molecule is Nc1cccc(CC(F)F)c1N. The highest BCUT2D eigenvalue weighted by molar-refractivity contribution is 5.67. The lowest BCUT2D eigenvalue weighted by Gasteiger charge is -2.06. The van der Waals surface area contributed by atoms with Crippen LogP contribution in [0.15, 0.2) is 18.2 Å². The Bertz CT molecular complexity index is 274. The van der Waals surface area contributed by atoms with Crippen molar-refractivity contribution < 1.29 is 8.78 Å². The summed E-state index contributed by atoms with van der Waals surface area (Å²) in [7, 11) is 0. The molecule has 2 nitrogen and oxygen atoms in total. The molecule has 0 heterocycles. The van der Waals surface area contributed by atoms with Gasteiger partial charge in [-0.3, -0.25) is 0 Å². The first-order chi connectivity index (χ1) is 5.61. The largest absolute Gasteiger partial charge is 0.397 e. The molecule has 0 radical (unpaired) electrons. The molecule has 1 aromatic rings. The van der Waals surface area contributed by atoms with Gasteiger partial charge in [0.25, 0.3) is 0 Å². The van der Waals surface area contributed by atoms with Crippen LogP contribution in [0.25, 0.3) is 0 Å². The molecule has 0 spiro atoms. The van der Waals surface area contributed by atoms with Crippen molar-refractivity contribution in [2.75, 3.05) is 11.5 Å². The number of hydrogen-bond acceptors (Lipinski definition) is 2. The molecule has 0 aliphatic carbocycles. The Balaban J connectivity index is 2.92. The van der Waals surface area contributed by atoms with E-state index in [1.54, 1.807) is 18.2 Å². The van der Waals surface area contributed by atoms with Crippen LogP contribution in [0.2, 0.25) is 0 Å². The fraction of sp³-hybridized carbons (Fsp3) is 0.250. The molecule has 0 atom stereocenters. The topological polar surface area (TPSA) is 52.0 Å². The van der Waals surface area contributed by atoms with E-state index < -0.39 is 6.43 Å². The van der Waals surface area contributed by atoms with E-state index in [1.165, 1.54) is 0 Å². The van der Waals surface area contributed by atoms with E-state index in [0.717, 1.165) is 0 Å². The maximum Gasteiger partial charge on any atom is 0.242 e. The van der Waals surface area contributed by atoms with Gasteiger partial charge in [0.15, 0.2) is 0 Å². The zero-order valence-corrected chi connectivity index (χ0v) is 6.43. The fourth-order valence-electron chi connectivity index (χ4n) is 0.977. The van der Waals surface area contributed by atoms with E-state index in [0.29, 0.717) is 11.3 Å². The van der Waals surface area contributed by atoms with E-state index in [4.69, 9.17) is 11.5 Å². The summed E-state index contributed by atoms with van der Waals surface area (Å²) in [5, 5.41) is 0. The minimum atomic E-state index is -2.38. The maximum atomic E-state index is 11.9. The molecule has 1 rings (SSSR count). The average molecular weight is 172 g/mol. The van der Waals surface area contributed by atoms with Gasteiger partial charge in [0, 0.05) is 6.42 Å². The summed E-state index contributed by atoms with van der Waals surface area (Å²) in [5.74, 6) is 0. The number of benzene rings is 1. The van der Waals surface area contributed by atoms with Crippen LogP contribution in [-0.4, -0.2) is 6.43 Å².